The first-order valence-corrected chi connectivity index (χ1v) is 8.05. The van der Waals surface area contributed by atoms with Crippen molar-refractivity contribution < 1.29 is 4.74 Å². The van der Waals surface area contributed by atoms with Crippen LogP contribution >= 0.6 is 0 Å². The quantitative estimate of drug-likeness (QED) is 0.816. The molecule has 0 amide bonds. The van der Waals surface area contributed by atoms with Crippen molar-refractivity contribution in [1.82, 2.24) is 0 Å². The van der Waals surface area contributed by atoms with E-state index >= 15 is 0 Å². The molecule has 1 saturated carbocycles. The van der Waals surface area contributed by atoms with E-state index in [-0.39, 0.29) is 16.7 Å². The lowest BCUT2D eigenvalue weighted by atomic mass is 9.62. The number of hydrogen-bond acceptors (Lipinski definition) is 2. The molecule has 1 heterocycles. The highest BCUT2D eigenvalue weighted by molar-refractivity contribution is 5.08. The van der Waals surface area contributed by atoms with Gasteiger partial charge in [-0.3, -0.25) is 0 Å². The lowest BCUT2D eigenvalue weighted by Crippen LogP contribution is -2.56. The molecular formula is C17H33NO. The van der Waals surface area contributed by atoms with Gasteiger partial charge in [-0.2, -0.15) is 0 Å². The van der Waals surface area contributed by atoms with E-state index in [2.05, 4.69) is 41.5 Å². The molecule has 1 aliphatic heterocycles. The van der Waals surface area contributed by atoms with Gasteiger partial charge in [0.2, 0.25) is 0 Å². The molecule has 1 aliphatic carbocycles. The summed E-state index contributed by atoms with van der Waals surface area (Å²) in [7, 11) is 0. The molecule has 0 aromatic rings. The van der Waals surface area contributed by atoms with Gasteiger partial charge in [0.1, 0.15) is 0 Å². The molecule has 0 aromatic heterocycles. The van der Waals surface area contributed by atoms with Crippen LogP contribution in [-0.2, 0) is 4.74 Å². The topological polar surface area (TPSA) is 35.2 Å². The summed E-state index contributed by atoms with van der Waals surface area (Å²) in [5.41, 5.74) is 6.78. The standard InChI is InChI=1S/C17H33NO/c1-12(2)13-8-7-9-17(18,10-13)14-11-15(3,4)19-16(14,5)6/h12-14H,7-11,18H2,1-6H3. The van der Waals surface area contributed by atoms with Crippen LogP contribution in [0.25, 0.3) is 0 Å². The monoisotopic (exact) mass is 267 g/mol. The summed E-state index contributed by atoms with van der Waals surface area (Å²) in [6, 6.07) is 0. The van der Waals surface area contributed by atoms with Crippen LogP contribution in [0.3, 0.4) is 0 Å². The molecule has 112 valence electrons. The summed E-state index contributed by atoms with van der Waals surface area (Å²) in [5, 5.41) is 0. The van der Waals surface area contributed by atoms with Crippen LogP contribution in [0.5, 0.6) is 0 Å². The van der Waals surface area contributed by atoms with E-state index in [1.807, 2.05) is 0 Å². The van der Waals surface area contributed by atoms with Crippen molar-refractivity contribution in [2.45, 2.75) is 90.4 Å². The lowest BCUT2D eigenvalue weighted by Gasteiger charge is -2.47. The Morgan fingerprint density at radius 3 is 2.21 bits per heavy atom. The molecule has 1 saturated heterocycles. The van der Waals surface area contributed by atoms with Crippen molar-refractivity contribution in [1.29, 1.82) is 0 Å². The molecule has 0 spiro atoms. The van der Waals surface area contributed by atoms with E-state index in [1.165, 1.54) is 25.7 Å². The third kappa shape index (κ3) is 3.00. The van der Waals surface area contributed by atoms with Crippen molar-refractivity contribution in [3.05, 3.63) is 0 Å². The minimum atomic E-state index is -0.0862. The molecule has 2 N–H and O–H groups in total. The van der Waals surface area contributed by atoms with Crippen molar-refractivity contribution in [3.63, 3.8) is 0 Å². The Kier molecular flexibility index (Phi) is 3.81. The molecule has 0 radical (unpaired) electrons. The molecule has 3 unspecified atom stereocenters. The number of rotatable bonds is 2. The fourth-order valence-corrected chi connectivity index (χ4v) is 4.73. The molecule has 2 heteroatoms. The number of nitrogens with two attached hydrogens (primary N) is 1. The van der Waals surface area contributed by atoms with Gasteiger partial charge in [0, 0.05) is 11.5 Å². The normalized spacial score (nSPS) is 41.7. The largest absolute Gasteiger partial charge is 0.369 e. The molecule has 3 atom stereocenters. The van der Waals surface area contributed by atoms with Gasteiger partial charge in [-0.05, 0) is 58.8 Å². The summed E-state index contributed by atoms with van der Waals surface area (Å²) in [6.07, 6.45) is 6.09. The maximum absolute atomic E-state index is 6.91. The predicted molar refractivity (Wildman–Crippen MR) is 81.1 cm³/mol. The van der Waals surface area contributed by atoms with Gasteiger partial charge in [-0.15, -0.1) is 0 Å². The molecule has 0 bridgehead atoms. The third-order valence-corrected chi connectivity index (χ3v) is 5.57. The van der Waals surface area contributed by atoms with Gasteiger partial charge in [0.25, 0.3) is 0 Å². The molecule has 2 aliphatic rings. The van der Waals surface area contributed by atoms with E-state index in [0.717, 1.165) is 18.3 Å². The zero-order chi connectivity index (χ0) is 14.5. The third-order valence-electron chi connectivity index (χ3n) is 5.57. The average Bonchev–Trinajstić information content (AvgIpc) is 2.47. The van der Waals surface area contributed by atoms with E-state index in [4.69, 9.17) is 10.5 Å². The summed E-state index contributed by atoms with van der Waals surface area (Å²) >= 11 is 0. The SMILES string of the molecule is CC(C)C1CCCC(N)(C2CC(C)(C)OC2(C)C)C1. The van der Waals surface area contributed by atoms with Gasteiger partial charge in [0.05, 0.1) is 11.2 Å². The Morgan fingerprint density at radius 1 is 1.11 bits per heavy atom. The smallest absolute Gasteiger partial charge is 0.0680 e. The van der Waals surface area contributed by atoms with Crippen LogP contribution in [0.15, 0.2) is 0 Å². The first-order valence-electron chi connectivity index (χ1n) is 8.05. The number of ether oxygens (including phenoxy) is 1. The van der Waals surface area contributed by atoms with Crippen LogP contribution in [0.1, 0.15) is 73.6 Å². The summed E-state index contributed by atoms with van der Waals surface area (Å²) in [6.45, 7) is 13.6. The highest BCUT2D eigenvalue weighted by Gasteiger charge is 2.54. The van der Waals surface area contributed by atoms with E-state index in [9.17, 15) is 0 Å². The lowest BCUT2D eigenvalue weighted by molar-refractivity contribution is -0.0856. The van der Waals surface area contributed by atoms with E-state index < -0.39 is 0 Å². The number of hydrogen-bond donors (Lipinski definition) is 1. The molecule has 19 heavy (non-hydrogen) atoms. The van der Waals surface area contributed by atoms with Crippen LogP contribution in [0.4, 0.5) is 0 Å². The van der Waals surface area contributed by atoms with Crippen LogP contribution in [0, 0.1) is 17.8 Å². The Hall–Kier alpha value is -0.0800. The fourth-order valence-electron chi connectivity index (χ4n) is 4.73. The highest BCUT2D eigenvalue weighted by atomic mass is 16.5. The van der Waals surface area contributed by atoms with Gasteiger partial charge in [-0.1, -0.05) is 26.7 Å². The van der Waals surface area contributed by atoms with Crippen LogP contribution in [-0.4, -0.2) is 16.7 Å². The molecule has 0 aromatic carbocycles. The first-order chi connectivity index (χ1) is 8.56. The van der Waals surface area contributed by atoms with Crippen LogP contribution in [0.2, 0.25) is 0 Å². The summed E-state index contributed by atoms with van der Waals surface area (Å²) in [4.78, 5) is 0. The fraction of sp³-hybridized carbons (Fsp3) is 1.00. The van der Waals surface area contributed by atoms with Crippen molar-refractivity contribution in [2.75, 3.05) is 0 Å². The second-order valence-electron chi connectivity index (χ2n) is 8.56. The molecule has 2 nitrogen and oxygen atoms in total. The van der Waals surface area contributed by atoms with E-state index in [1.54, 1.807) is 0 Å². The minimum absolute atomic E-state index is 0.0225. The summed E-state index contributed by atoms with van der Waals surface area (Å²) < 4.78 is 6.28. The van der Waals surface area contributed by atoms with Gasteiger partial charge >= 0.3 is 0 Å². The Morgan fingerprint density at radius 2 is 1.74 bits per heavy atom. The minimum Gasteiger partial charge on any atom is -0.369 e. The predicted octanol–water partition coefficient (Wildman–Crippen LogP) is 4.12. The Balaban J connectivity index is 2.20. The van der Waals surface area contributed by atoms with Gasteiger partial charge in [0.15, 0.2) is 0 Å². The second kappa shape index (κ2) is 4.73. The second-order valence-corrected chi connectivity index (χ2v) is 8.56. The van der Waals surface area contributed by atoms with Crippen molar-refractivity contribution in [3.8, 4) is 0 Å². The molecular weight excluding hydrogens is 234 g/mol. The maximum atomic E-state index is 6.91. The zero-order valence-corrected chi connectivity index (χ0v) is 13.8. The van der Waals surface area contributed by atoms with Crippen molar-refractivity contribution in [2.24, 2.45) is 23.5 Å². The summed E-state index contributed by atoms with van der Waals surface area (Å²) in [5.74, 6) is 2.02. The average molecular weight is 267 g/mol. The Labute approximate surface area is 119 Å². The Bertz CT molecular complexity index is 334. The molecule has 2 fully saturated rings. The van der Waals surface area contributed by atoms with Crippen LogP contribution < -0.4 is 5.73 Å². The zero-order valence-electron chi connectivity index (χ0n) is 13.8. The van der Waals surface area contributed by atoms with Gasteiger partial charge in [-0.25, -0.2) is 0 Å². The molecule has 2 rings (SSSR count). The van der Waals surface area contributed by atoms with E-state index in [0.29, 0.717) is 5.92 Å². The van der Waals surface area contributed by atoms with Gasteiger partial charge < -0.3 is 10.5 Å². The van der Waals surface area contributed by atoms with Crippen molar-refractivity contribution >= 4 is 0 Å². The first kappa shape index (κ1) is 15.3. The maximum Gasteiger partial charge on any atom is 0.0680 e. The highest BCUT2D eigenvalue weighted by Crippen LogP contribution is 2.51.